The van der Waals surface area contributed by atoms with E-state index in [1.165, 1.54) is 0 Å². The lowest BCUT2D eigenvalue weighted by Crippen LogP contribution is -1.80. The molecule has 0 unspecified atom stereocenters. The molecular weight excluding hydrogens is 136 g/mol. The summed E-state index contributed by atoms with van der Waals surface area (Å²) in [6.07, 6.45) is 3.30. The first-order valence-electron chi connectivity index (χ1n) is 3.65. The fourth-order valence-electron chi connectivity index (χ4n) is 0.599. The van der Waals surface area contributed by atoms with Gasteiger partial charge in [0.05, 0.1) is 11.6 Å². The summed E-state index contributed by atoms with van der Waals surface area (Å²) in [4.78, 5) is 3.84. The molecule has 0 aliphatic carbocycles. The van der Waals surface area contributed by atoms with Crippen LogP contribution in [0.2, 0.25) is 0 Å². The normalized spacial score (nSPS) is 7.45. The van der Waals surface area contributed by atoms with E-state index in [2.05, 4.69) is 11.1 Å². The Morgan fingerprint density at radius 3 is 2.45 bits per heavy atom. The summed E-state index contributed by atoms with van der Waals surface area (Å²) < 4.78 is 0. The molecule has 0 saturated carbocycles. The summed E-state index contributed by atoms with van der Waals surface area (Å²) in [5.74, 6) is 0. The number of hydrogen-bond donors (Lipinski definition) is 0. The Hall–Kier alpha value is -1.36. The first-order valence-corrected chi connectivity index (χ1v) is 3.65. The van der Waals surface area contributed by atoms with Crippen LogP contribution in [0, 0.1) is 18.3 Å². The molecular formula is C9H12N2. The fraction of sp³-hybridized carbons (Fsp3) is 0.333. The average molecular weight is 148 g/mol. The van der Waals surface area contributed by atoms with Gasteiger partial charge in [-0.05, 0) is 18.6 Å². The van der Waals surface area contributed by atoms with Crippen molar-refractivity contribution in [3.8, 4) is 6.07 Å². The van der Waals surface area contributed by atoms with Crippen LogP contribution >= 0.6 is 0 Å². The predicted octanol–water partition coefficient (Wildman–Crippen LogP) is 2.29. The van der Waals surface area contributed by atoms with E-state index in [0.717, 1.165) is 5.56 Å². The van der Waals surface area contributed by atoms with Gasteiger partial charge in [-0.25, -0.2) is 0 Å². The number of rotatable bonds is 0. The van der Waals surface area contributed by atoms with Crippen LogP contribution in [0.1, 0.15) is 25.0 Å². The smallest absolute Gasteiger partial charge is 0.0995 e. The van der Waals surface area contributed by atoms with Crippen molar-refractivity contribution in [3.05, 3.63) is 29.6 Å². The molecule has 0 radical (unpaired) electrons. The zero-order chi connectivity index (χ0) is 8.69. The van der Waals surface area contributed by atoms with Gasteiger partial charge in [0.1, 0.15) is 0 Å². The van der Waals surface area contributed by atoms with Gasteiger partial charge in [-0.3, -0.25) is 4.98 Å². The summed E-state index contributed by atoms with van der Waals surface area (Å²) in [5.41, 5.74) is 1.63. The van der Waals surface area contributed by atoms with Crippen molar-refractivity contribution >= 4 is 0 Å². The molecule has 1 heterocycles. The lowest BCUT2D eigenvalue weighted by Gasteiger charge is -1.90. The predicted molar refractivity (Wildman–Crippen MR) is 45.0 cm³/mol. The van der Waals surface area contributed by atoms with Crippen LogP contribution < -0.4 is 0 Å². The van der Waals surface area contributed by atoms with Crippen LogP contribution in [0.25, 0.3) is 0 Å². The summed E-state index contributed by atoms with van der Waals surface area (Å²) in [6.45, 7) is 5.87. The molecule has 0 fully saturated rings. The minimum Gasteiger partial charge on any atom is -0.264 e. The van der Waals surface area contributed by atoms with E-state index in [-0.39, 0.29) is 0 Å². The Balaban J connectivity index is 0.000000461. The largest absolute Gasteiger partial charge is 0.264 e. The van der Waals surface area contributed by atoms with Crippen LogP contribution in [0.4, 0.5) is 0 Å². The van der Waals surface area contributed by atoms with Crippen molar-refractivity contribution in [1.29, 1.82) is 5.26 Å². The monoisotopic (exact) mass is 148 g/mol. The van der Waals surface area contributed by atoms with Crippen LogP contribution in [0.15, 0.2) is 18.5 Å². The summed E-state index contributed by atoms with van der Waals surface area (Å²) in [6, 6.07) is 3.76. The summed E-state index contributed by atoms with van der Waals surface area (Å²) in [7, 11) is 0. The summed E-state index contributed by atoms with van der Waals surface area (Å²) >= 11 is 0. The van der Waals surface area contributed by atoms with E-state index >= 15 is 0 Å². The topological polar surface area (TPSA) is 36.7 Å². The van der Waals surface area contributed by atoms with Gasteiger partial charge in [-0.1, -0.05) is 13.8 Å². The van der Waals surface area contributed by atoms with Crippen LogP contribution in [0.3, 0.4) is 0 Å². The molecule has 1 rings (SSSR count). The lowest BCUT2D eigenvalue weighted by molar-refractivity contribution is 1.25. The molecule has 0 amide bonds. The zero-order valence-corrected chi connectivity index (χ0v) is 7.13. The van der Waals surface area contributed by atoms with E-state index < -0.39 is 0 Å². The maximum atomic E-state index is 8.44. The van der Waals surface area contributed by atoms with E-state index in [9.17, 15) is 0 Å². The second-order valence-electron chi connectivity index (χ2n) is 1.80. The van der Waals surface area contributed by atoms with E-state index in [1.54, 1.807) is 18.5 Å². The number of pyridine rings is 1. The number of nitriles is 1. The highest BCUT2D eigenvalue weighted by atomic mass is 14.6. The van der Waals surface area contributed by atoms with Crippen molar-refractivity contribution in [2.24, 2.45) is 0 Å². The molecule has 0 aliphatic heterocycles. The van der Waals surface area contributed by atoms with Crippen LogP contribution in [-0.4, -0.2) is 4.98 Å². The van der Waals surface area contributed by atoms with Crippen molar-refractivity contribution in [2.75, 3.05) is 0 Å². The SMILES string of the molecule is CC.Cc1cnccc1C#N. The van der Waals surface area contributed by atoms with E-state index in [1.807, 2.05) is 20.8 Å². The summed E-state index contributed by atoms with van der Waals surface area (Å²) in [5, 5.41) is 8.44. The first-order chi connectivity index (χ1) is 5.34. The third-order valence-corrected chi connectivity index (χ3v) is 1.14. The van der Waals surface area contributed by atoms with Gasteiger partial charge in [0.15, 0.2) is 0 Å². The van der Waals surface area contributed by atoms with Crippen LogP contribution in [0.5, 0.6) is 0 Å². The van der Waals surface area contributed by atoms with Gasteiger partial charge in [0, 0.05) is 12.4 Å². The zero-order valence-electron chi connectivity index (χ0n) is 7.13. The third kappa shape index (κ3) is 2.81. The molecule has 0 atom stereocenters. The minimum absolute atomic E-state index is 0.699. The second kappa shape index (κ2) is 5.43. The van der Waals surface area contributed by atoms with E-state index in [4.69, 9.17) is 5.26 Å². The van der Waals surface area contributed by atoms with Gasteiger partial charge < -0.3 is 0 Å². The van der Waals surface area contributed by atoms with Crippen molar-refractivity contribution in [2.45, 2.75) is 20.8 Å². The van der Waals surface area contributed by atoms with Crippen LogP contribution in [-0.2, 0) is 0 Å². The molecule has 1 aromatic heterocycles. The minimum atomic E-state index is 0.699. The van der Waals surface area contributed by atoms with Gasteiger partial charge in [0.2, 0.25) is 0 Å². The molecule has 2 heteroatoms. The van der Waals surface area contributed by atoms with Gasteiger partial charge in [0.25, 0.3) is 0 Å². The Bertz CT molecular complexity index is 248. The van der Waals surface area contributed by atoms with Crippen molar-refractivity contribution in [3.63, 3.8) is 0 Å². The molecule has 0 N–H and O–H groups in total. The second-order valence-corrected chi connectivity index (χ2v) is 1.80. The van der Waals surface area contributed by atoms with E-state index in [0.29, 0.717) is 5.56 Å². The third-order valence-electron chi connectivity index (χ3n) is 1.14. The van der Waals surface area contributed by atoms with Crippen molar-refractivity contribution in [1.82, 2.24) is 4.98 Å². The molecule has 0 aromatic carbocycles. The average Bonchev–Trinajstić information content (AvgIpc) is 2.09. The number of aryl methyl sites for hydroxylation is 1. The Labute approximate surface area is 67.5 Å². The van der Waals surface area contributed by atoms with Crippen molar-refractivity contribution < 1.29 is 0 Å². The molecule has 0 spiro atoms. The lowest BCUT2D eigenvalue weighted by atomic mass is 10.2. The molecule has 11 heavy (non-hydrogen) atoms. The number of aromatic nitrogens is 1. The number of nitrogens with zero attached hydrogens (tertiary/aromatic N) is 2. The maximum absolute atomic E-state index is 8.44. The first kappa shape index (κ1) is 9.64. The Morgan fingerprint density at radius 2 is 2.09 bits per heavy atom. The highest BCUT2D eigenvalue weighted by molar-refractivity contribution is 5.33. The molecule has 58 valence electrons. The quantitative estimate of drug-likeness (QED) is 0.566. The van der Waals surface area contributed by atoms with Gasteiger partial charge in [-0.2, -0.15) is 5.26 Å². The Morgan fingerprint density at radius 1 is 1.45 bits per heavy atom. The standard InChI is InChI=1S/C7H6N2.C2H6/c1-6-5-9-3-2-7(6)4-8;1-2/h2-3,5H,1H3;1-2H3. The molecule has 0 bridgehead atoms. The number of hydrogen-bond acceptors (Lipinski definition) is 2. The molecule has 1 aromatic rings. The maximum Gasteiger partial charge on any atom is 0.0995 e. The molecule has 0 aliphatic rings. The van der Waals surface area contributed by atoms with Gasteiger partial charge >= 0.3 is 0 Å². The fourth-order valence-corrected chi connectivity index (χ4v) is 0.599. The van der Waals surface area contributed by atoms with Gasteiger partial charge in [-0.15, -0.1) is 0 Å². The molecule has 0 saturated heterocycles. The Kier molecular flexibility index (Phi) is 4.76. The highest BCUT2D eigenvalue weighted by Gasteiger charge is 1.91. The highest BCUT2D eigenvalue weighted by Crippen LogP contribution is 2.00. The molecule has 2 nitrogen and oxygen atoms in total.